The van der Waals surface area contributed by atoms with Crippen molar-refractivity contribution in [3.05, 3.63) is 30.1 Å². The van der Waals surface area contributed by atoms with Crippen molar-refractivity contribution >= 4 is 22.7 Å². The van der Waals surface area contributed by atoms with Gasteiger partial charge in [0.1, 0.15) is 12.1 Å². The van der Waals surface area contributed by atoms with Gasteiger partial charge in [0, 0.05) is 25.5 Å². The number of methoxy groups -OCH3 is 1. The Bertz CT molecular complexity index is 704. The molecule has 0 aliphatic carbocycles. The van der Waals surface area contributed by atoms with E-state index in [9.17, 15) is 9.90 Å². The Hall–Kier alpha value is -2.21. The van der Waals surface area contributed by atoms with E-state index in [1.165, 1.54) is 13.4 Å². The standard InChI is InChI=1S/C15H17N3O3/c1-10-4-3-5-11-12(10)16-9-17-13(11)18-7-6-15(8-18,21-2)14(19)20/h3-5,9H,6-8H2,1-2H3,(H,19,20). The molecule has 1 aliphatic heterocycles. The lowest BCUT2D eigenvalue weighted by molar-refractivity contribution is -0.159. The fourth-order valence-corrected chi connectivity index (χ4v) is 2.86. The van der Waals surface area contributed by atoms with Crippen molar-refractivity contribution in [3.8, 4) is 0 Å². The lowest BCUT2D eigenvalue weighted by Crippen LogP contribution is -2.43. The van der Waals surface area contributed by atoms with E-state index in [1.807, 2.05) is 30.0 Å². The number of hydrogen-bond donors (Lipinski definition) is 1. The molecule has 6 heteroatoms. The molecule has 1 fully saturated rings. The Kier molecular flexibility index (Phi) is 3.25. The maximum atomic E-state index is 11.5. The normalized spacial score (nSPS) is 21.9. The Morgan fingerprint density at radius 1 is 1.43 bits per heavy atom. The minimum atomic E-state index is -1.15. The molecule has 1 unspecified atom stereocenters. The number of aliphatic carboxylic acids is 1. The van der Waals surface area contributed by atoms with E-state index in [1.54, 1.807) is 0 Å². The predicted octanol–water partition coefficient (Wildman–Crippen LogP) is 1.62. The van der Waals surface area contributed by atoms with E-state index in [0.29, 0.717) is 19.5 Å². The van der Waals surface area contributed by atoms with Crippen LogP contribution in [0.4, 0.5) is 5.82 Å². The van der Waals surface area contributed by atoms with Gasteiger partial charge in [-0.15, -0.1) is 0 Å². The number of nitrogens with zero attached hydrogens (tertiary/aromatic N) is 3. The van der Waals surface area contributed by atoms with Gasteiger partial charge in [0.25, 0.3) is 0 Å². The second-order valence-electron chi connectivity index (χ2n) is 5.34. The van der Waals surface area contributed by atoms with Crippen molar-refractivity contribution in [1.29, 1.82) is 0 Å². The summed E-state index contributed by atoms with van der Waals surface area (Å²) < 4.78 is 5.26. The van der Waals surface area contributed by atoms with Crippen molar-refractivity contribution in [3.63, 3.8) is 0 Å². The van der Waals surface area contributed by atoms with E-state index >= 15 is 0 Å². The molecule has 2 heterocycles. The van der Waals surface area contributed by atoms with Crippen molar-refractivity contribution in [2.45, 2.75) is 18.9 Å². The quantitative estimate of drug-likeness (QED) is 0.924. The van der Waals surface area contributed by atoms with Gasteiger partial charge >= 0.3 is 5.97 Å². The molecule has 0 saturated carbocycles. The molecule has 1 aliphatic rings. The summed E-state index contributed by atoms with van der Waals surface area (Å²) in [6, 6.07) is 5.92. The molecule has 1 saturated heterocycles. The summed E-state index contributed by atoms with van der Waals surface area (Å²) in [6.07, 6.45) is 1.97. The largest absolute Gasteiger partial charge is 0.479 e. The van der Waals surface area contributed by atoms with Crippen LogP contribution in [-0.4, -0.2) is 46.8 Å². The zero-order chi connectivity index (χ0) is 15.0. The lowest BCUT2D eigenvalue weighted by Gasteiger charge is -2.24. The molecular weight excluding hydrogens is 270 g/mol. The fourth-order valence-electron chi connectivity index (χ4n) is 2.86. The summed E-state index contributed by atoms with van der Waals surface area (Å²) in [5.41, 5.74) is 0.820. The lowest BCUT2D eigenvalue weighted by atomic mass is 10.0. The molecule has 0 radical (unpaired) electrons. The van der Waals surface area contributed by atoms with E-state index < -0.39 is 11.6 Å². The second-order valence-corrected chi connectivity index (χ2v) is 5.34. The van der Waals surface area contributed by atoms with Gasteiger partial charge < -0.3 is 14.7 Å². The average Bonchev–Trinajstić information content (AvgIpc) is 2.93. The first-order valence-electron chi connectivity index (χ1n) is 6.81. The Morgan fingerprint density at radius 3 is 2.90 bits per heavy atom. The monoisotopic (exact) mass is 287 g/mol. The van der Waals surface area contributed by atoms with Crippen LogP contribution in [0.3, 0.4) is 0 Å². The summed E-state index contributed by atoms with van der Waals surface area (Å²) in [5, 5.41) is 10.3. The van der Waals surface area contributed by atoms with Crippen molar-refractivity contribution in [1.82, 2.24) is 9.97 Å². The number of fused-ring (bicyclic) bond motifs is 1. The third-order valence-electron chi connectivity index (χ3n) is 4.16. The van der Waals surface area contributed by atoms with Gasteiger partial charge in [-0.05, 0) is 18.6 Å². The number of anilines is 1. The van der Waals surface area contributed by atoms with Crippen LogP contribution in [-0.2, 0) is 9.53 Å². The Labute approximate surface area is 122 Å². The van der Waals surface area contributed by atoms with Crippen LogP contribution in [0.15, 0.2) is 24.5 Å². The van der Waals surface area contributed by atoms with Gasteiger partial charge in [-0.2, -0.15) is 0 Å². The minimum absolute atomic E-state index is 0.291. The highest BCUT2D eigenvalue weighted by Crippen LogP contribution is 2.32. The summed E-state index contributed by atoms with van der Waals surface area (Å²) in [4.78, 5) is 22.1. The smallest absolute Gasteiger partial charge is 0.337 e. The van der Waals surface area contributed by atoms with Gasteiger partial charge in [-0.1, -0.05) is 12.1 Å². The SMILES string of the molecule is COC1(C(=O)O)CCN(c2ncnc3c(C)cccc23)C1. The average molecular weight is 287 g/mol. The zero-order valence-electron chi connectivity index (χ0n) is 12.0. The molecule has 1 aromatic carbocycles. The van der Waals surface area contributed by atoms with Crippen LogP contribution >= 0.6 is 0 Å². The number of rotatable bonds is 3. The molecule has 1 N–H and O–H groups in total. The number of aromatic nitrogens is 2. The highest BCUT2D eigenvalue weighted by Gasteiger charge is 2.46. The third kappa shape index (κ3) is 2.12. The van der Waals surface area contributed by atoms with Crippen molar-refractivity contribution in [2.24, 2.45) is 0 Å². The number of carboxylic acids is 1. The first-order chi connectivity index (χ1) is 10.1. The van der Waals surface area contributed by atoms with Gasteiger partial charge in [-0.25, -0.2) is 14.8 Å². The molecule has 110 valence electrons. The predicted molar refractivity (Wildman–Crippen MR) is 78.5 cm³/mol. The van der Waals surface area contributed by atoms with E-state index in [-0.39, 0.29) is 0 Å². The highest BCUT2D eigenvalue weighted by molar-refractivity contribution is 5.92. The number of carbonyl (C=O) groups is 1. The number of carboxylic acid groups (broad SMARTS) is 1. The molecule has 0 bridgehead atoms. The Balaban J connectivity index is 2.03. The maximum absolute atomic E-state index is 11.5. The van der Waals surface area contributed by atoms with Gasteiger partial charge in [0.2, 0.25) is 0 Å². The molecule has 0 amide bonds. The topological polar surface area (TPSA) is 75.6 Å². The molecule has 0 spiro atoms. The number of hydrogen-bond acceptors (Lipinski definition) is 5. The first kappa shape index (κ1) is 13.8. The summed E-state index contributed by atoms with van der Waals surface area (Å²) in [6.45, 7) is 2.89. The molecular formula is C15H17N3O3. The first-order valence-corrected chi connectivity index (χ1v) is 6.81. The van der Waals surface area contributed by atoms with Crippen molar-refractivity contribution < 1.29 is 14.6 Å². The van der Waals surface area contributed by atoms with E-state index in [2.05, 4.69) is 9.97 Å². The summed E-state index contributed by atoms with van der Waals surface area (Å²) >= 11 is 0. The summed E-state index contributed by atoms with van der Waals surface area (Å²) in [7, 11) is 1.44. The summed E-state index contributed by atoms with van der Waals surface area (Å²) in [5.74, 6) is -0.161. The molecule has 6 nitrogen and oxygen atoms in total. The van der Waals surface area contributed by atoms with Gasteiger partial charge in [0.15, 0.2) is 5.60 Å². The third-order valence-corrected chi connectivity index (χ3v) is 4.16. The molecule has 21 heavy (non-hydrogen) atoms. The molecule has 1 atom stereocenters. The van der Waals surface area contributed by atoms with Crippen LogP contribution in [0.25, 0.3) is 10.9 Å². The number of benzene rings is 1. The van der Waals surface area contributed by atoms with E-state index in [4.69, 9.17) is 4.74 Å². The van der Waals surface area contributed by atoms with Crippen LogP contribution in [0.1, 0.15) is 12.0 Å². The minimum Gasteiger partial charge on any atom is -0.479 e. The van der Waals surface area contributed by atoms with Gasteiger partial charge in [0.05, 0.1) is 12.1 Å². The maximum Gasteiger partial charge on any atom is 0.337 e. The molecule has 2 aromatic rings. The zero-order valence-corrected chi connectivity index (χ0v) is 12.0. The number of ether oxygens (including phenoxy) is 1. The van der Waals surface area contributed by atoms with Crippen molar-refractivity contribution in [2.75, 3.05) is 25.1 Å². The number of para-hydroxylation sites is 1. The second kappa shape index (κ2) is 4.96. The van der Waals surface area contributed by atoms with Crippen LogP contribution in [0.2, 0.25) is 0 Å². The van der Waals surface area contributed by atoms with Gasteiger partial charge in [-0.3, -0.25) is 0 Å². The fraction of sp³-hybridized carbons (Fsp3) is 0.400. The van der Waals surface area contributed by atoms with Crippen LogP contribution in [0, 0.1) is 6.92 Å². The van der Waals surface area contributed by atoms with E-state index in [0.717, 1.165) is 22.3 Å². The number of aryl methyl sites for hydroxylation is 1. The van der Waals surface area contributed by atoms with Crippen LogP contribution in [0.5, 0.6) is 0 Å². The Morgan fingerprint density at radius 2 is 2.24 bits per heavy atom. The van der Waals surface area contributed by atoms with Crippen LogP contribution < -0.4 is 4.90 Å². The molecule has 3 rings (SSSR count). The molecule has 1 aromatic heterocycles. The highest BCUT2D eigenvalue weighted by atomic mass is 16.5.